The minimum Gasteiger partial charge on any atom is -0.480 e. The van der Waals surface area contributed by atoms with Gasteiger partial charge in [-0.05, 0) is 37.5 Å². The van der Waals surface area contributed by atoms with Crippen LogP contribution in [0, 0.1) is 6.92 Å². The van der Waals surface area contributed by atoms with Crippen molar-refractivity contribution < 1.29 is 9.53 Å². The smallest absolute Gasteiger partial charge is 0.261 e. The zero-order chi connectivity index (χ0) is 15.9. The Labute approximate surface area is 132 Å². The molecule has 2 rings (SSSR count). The lowest BCUT2D eigenvalue weighted by Gasteiger charge is -2.21. The van der Waals surface area contributed by atoms with Gasteiger partial charge < -0.3 is 10.1 Å². The summed E-state index contributed by atoms with van der Waals surface area (Å²) < 4.78 is 5.88. The van der Waals surface area contributed by atoms with E-state index in [1.165, 1.54) is 0 Å². The molecule has 0 aromatic heterocycles. The third-order valence-corrected chi connectivity index (χ3v) is 3.68. The first-order valence-corrected chi connectivity index (χ1v) is 7.69. The number of carbonyl (C=O) groups is 1. The Hall–Kier alpha value is -2.29. The van der Waals surface area contributed by atoms with Gasteiger partial charge in [0.2, 0.25) is 0 Å². The summed E-state index contributed by atoms with van der Waals surface area (Å²) in [4.78, 5) is 12.4. The average Bonchev–Trinajstić information content (AvgIpc) is 2.54. The van der Waals surface area contributed by atoms with Gasteiger partial charge in [-0.25, -0.2) is 0 Å². The molecule has 0 spiro atoms. The fourth-order valence-electron chi connectivity index (χ4n) is 2.30. The van der Waals surface area contributed by atoms with Crippen molar-refractivity contribution in [2.45, 2.75) is 39.3 Å². The van der Waals surface area contributed by atoms with Gasteiger partial charge in [0.05, 0.1) is 6.04 Å². The van der Waals surface area contributed by atoms with Gasteiger partial charge in [0.25, 0.3) is 5.91 Å². The van der Waals surface area contributed by atoms with Crippen LogP contribution in [0.25, 0.3) is 0 Å². The molecule has 0 aliphatic carbocycles. The third kappa shape index (κ3) is 4.10. The van der Waals surface area contributed by atoms with Crippen molar-refractivity contribution >= 4 is 5.91 Å². The second-order valence-corrected chi connectivity index (χ2v) is 5.42. The number of ether oxygens (including phenoxy) is 1. The van der Waals surface area contributed by atoms with Gasteiger partial charge in [-0.2, -0.15) is 0 Å². The lowest BCUT2D eigenvalue weighted by atomic mass is 10.1. The Morgan fingerprint density at radius 2 is 1.73 bits per heavy atom. The van der Waals surface area contributed by atoms with Crippen molar-refractivity contribution in [1.29, 1.82) is 0 Å². The van der Waals surface area contributed by atoms with E-state index >= 15 is 0 Å². The van der Waals surface area contributed by atoms with E-state index in [-0.39, 0.29) is 11.9 Å². The molecular weight excluding hydrogens is 274 g/mol. The molecule has 0 saturated heterocycles. The SMILES string of the molecule is CCC(Oc1ccccc1C)C(=O)N[C@@H](C)c1ccccc1. The predicted octanol–water partition coefficient (Wildman–Crippen LogP) is 4.03. The van der Waals surface area contributed by atoms with Crippen LogP contribution in [-0.4, -0.2) is 12.0 Å². The first-order chi connectivity index (χ1) is 10.6. The van der Waals surface area contributed by atoms with E-state index in [0.29, 0.717) is 6.42 Å². The predicted molar refractivity (Wildman–Crippen MR) is 88.9 cm³/mol. The summed E-state index contributed by atoms with van der Waals surface area (Å²) in [7, 11) is 0. The van der Waals surface area contributed by atoms with Crippen LogP contribution >= 0.6 is 0 Å². The Morgan fingerprint density at radius 1 is 1.09 bits per heavy atom. The number of hydrogen-bond donors (Lipinski definition) is 1. The molecule has 3 nitrogen and oxygen atoms in total. The minimum atomic E-state index is -0.479. The van der Waals surface area contributed by atoms with Crippen LogP contribution in [0.2, 0.25) is 0 Å². The monoisotopic (exact) mass is 297 g/mol. The molecule has 22 heavy (non-hydrogen) atoms. The maximum Gasteiger partial charge on any atom is 0.261 e. The summed E-state index contributed by atoms with van der Waals surface area (Å²) in [5, 5.41) is 3.02. The lowest BCUT2D eigenvalue weighted by Crippen LogP contribution is -2.39. The van der Waals surface area contributed by atoms with E-state index in [2.05, 4.69) is 5.32 Å². The van der Waals surface area contributed by atoms with E-state index in [4.69, 9.17) is 4.74 Å². The van der Waals surface area contributed by atoms with Gasteiger partial charge in [-0.3, -0.25) is 4.79 Å². The first kappa shape index (κ1) is 16.1. The van der Waals surface area contributed by atoms with Crippen molar-refractivity contribution in [3.05, 3.63) is 65.7 Å². The fourth-order valence-corrected chi connectivity index (χ4v) is 2.30. The van der Waals surface area contributed by atoms with Crippen molar-refractivity contribution in [2.24, 2.45) is 0 Å². The highest BCUT2D eigenvalue weighted by atomic mass is 16.5. The van der Waals surface area contributed by atoms with Crippen LogP contribution < -0.4 is 10.1 Å². The second-order valence-electron chi connectivity index (χ2n) is 5.42. The van der Waals surface area contributed by atoms with Crippen LogP contribution in [0.5, 0.6) is 5.75 Å². The topological polar surface area (TPSA) is 38.3 Å². The Bertz CT molecular complexity index is 610. The van der Waals surface area contributed by atoms with Gasteiger partial charge in [0.15, 0.2) is 6.10 Å². The highest BCUT2D eigenvalue weighted by Gasteiger charge is 2.21. The maximum absolute atomic E-state index is 12.4. The van der Waals surface area contributed by atoms with Crippen LogP contribution in [0.15, 0.2) is 54.6 Å². The second kappa shape index (κ2) is 7.64. The molecule has 0 bridgehead atoms. The summed E-state index contributed by atoms with van der Waals surface area (Å²) in [6.45, 7) is 5.91. The van der Waals surface area contributed by atoms with Crippen molar-refractivity contribution in [2.75, 3.05) is 0 Å². The molecule has 1 N–H and O–H groups in total. The van der Waals surface area contributed by atoms with Crippen LogP contribution in [0.3, 0.4) is 0 Å². The summed E-state index contributed by atoms with van der Waals surface area (Å²) in [6.07, 6.45) is 0.147. The van der Waals surface area contributed by atoms with Crippen LogP contribution in [0.4, 0.5) is 0 Å². The van der Waals surface area contributed by atoms with Crippen LogP contribution in [-0.2, 0) is 4.79 Å². The Balaban J connectivity index is 2.02. The summed E-state index contributed by atoms with van der Waals surface area (Å²) in [5.74, 6) is 0.680. The van der Waals surface area contributed by atoms with Crippen LogP contribution in [0.1, 0.15) is 37.4 Å². The molecule has 0 aliphatic heterocycles. The number of para-hydroxylation sites is 1. The molecular formula is C19H23NO2. The van der Waals surface area contributed by atoms with E-state index in [9.17, 15) is 4.79 Å². The van der Waals surface area contributed by atoms with Gasteiger partial charge >= 0.3 is 0 Å². The summed E-state index contributed by atoms with van der Waals surface area (Å²) in [6, 6.07) is 17.6. The molecule has 0 heterocycles. The van der Waals surface area contributed by atoms with Crippen molar-refractivity contribution in [1.82, 2.24) is 5.32 Å². The normalized spacial score (nSPS) is 13.2. The van der Waals surface area contributed by atoms with E-state index in [0.717, 1.165) is 16.9 Å². The molecule has 2 atom stereocenters. The molecule has 116 valence electrons. The zero-order valence-corrected chi connectivity index (χ0v) is 13.4. The summed E-state index contributed by atoms with van der Waals surface area (Å²) >= 11 is 0. The number of rotatable bonds is 6. The molecule has 3 heteroatoms. The maximum atomic E-state index is 12.4. The number of nitrogens with one attached hydrogen (secondary N) is 1. The highest BCUT2D eigenvalue weighted by molar-refractivity contribution is 5.81. The molecule has 0 saturated carbocycles. The van der Waals surface area contributed by atoms with E-state index in [1.54, 1.807) is 0 Å². The minimum absolute atomic E-state index is 0.0387. The number of hydrogen-bond acceptors (Lipinski definition) is 2. The number of aryl methyl sites for hydroxylation is 1. The Kier molecular flexibility index (Phi) is 5.59. The molecule has 2 aromatic rings. The largest absolute Gasteiger partial charge is 0.480 e. The van der Waals surface area contributed by atoms with E-state index in [1.807, 2.05) is 75.4 Å². The highest BCUT2D eigenvalue weighted by Crippen LogP contribution is 2.19. The molecule has 0 fully saturated rings. The number of benzene rings is 2. The standard InChI is InChI=1S/C19H23NO2/c1-4-17(22-18-13-9-8-10-14(18)2)19(21)20-15(3)16-11-6-5-7-12-16/h5-13,15,17H,4H2,1-3H3,(H,20,21)/t15-,17?/m0/s1. The molecule has 0 aliphatic rings. The first-order valence-electron chi connectivity index (χ1n) is 7.69. The molecule has 1 unspecified atom stereocenters. The third-order valence-electron chi connectivity index (χ3n) is 3.68. The molecule has 2 aromatic carbocycles. The number of carbonyl (C=O) groups excluding carboxylic acids is 1. The zero-order valence-electron chi connectivity index (χ0n) is 13.4. The van der Waals surface area contributed by atoms with Gasteiger partial charge in [-0.15, -0.1) is 0 Å². The van der Waals surface area contributed by atoms with Gasteiger partial charge in [0, 0.05) is 0 Å². The fraction of sp³-hybridized carbons (Fsp3) is 0.316. The van der Waals surface area contributed by atoms with Crippen molar-refractivity contribution in [3.63, 3.8) is 0 Å². The van der Waals surface area contributed by atoms with E-state index < -0.39 is 6.10 Å². The molecule has 1 amide bonds. The number of amides is 1. The lowest BCUT2D eigenvalue weighted by molar-refractivity contribution is -0.128. The summed E-state index contributed by atoms with van der Waals surface area (Å²) in [5.41, 5.74) is 2.12. The Morgan fingerprint density at radius 3 is 2.36 bits per heavy atom. The molecule has 0 radical (unpaired) electrons. The van der Waals surface area contributed by atoms with Gasteiger partial charge in [0.1, 0.15) is 5.75 Å². The quantitative estimate of drug-likeness (QED) is 0.874. The van der Waals surface area contributed by atoms with Crippen molar-refractivity contribution in [3.8, 4) is 5.75 Å². The average molecular weight is 297 g/mol. The van der Waals surface area contributed by atoms with Gasteiger partial charge in [-0.1, -0.05) is 55.5 Å².